The summed E-state index contributed by atoms with van der Waals surface area (Å²) in [6.07, 6.45) is 0.402. The highest BCUT2D eigenvalue weighted by molar-refractivity contribution is 4.81. The maximum Gasteiger partial charge on any atom is 0.0730 e. The van der Waals surface area contributed by atoms with E-state index in [0.717, 1.165) is 19.7 Å². The monoisotopic (exact) mass is 171 g/mol. The molecule has 1 saturated heterocycles. The van der Waals surface area contributed by atoms with Gasteiger partial charge < -0.3 is 10.1 Å². The quantitative estimate of drug-likeness (QED) is 0.648. The Morgan fingerprint density at radius 3 is 2.50 bits per heavy atom. The van der Waals surface area contributed by atoms with Gasteiger partial charge in [0.25, 0.3) is 0 Å². The zero-order valence-electron chi connectivity index (χ0n) is 8.68. The second-order valence-corrected chi connectivity index (χ2v) is 4.77. The Labute approximate surface area is 75.7 Å². The largest absolute Gasteiger partial charge is 0.375 e. The van der Waals surface area contributed by atoms with E-state index in [1.54, 1.807) is 0 Å². The molecule has 0 aromatic rings. The standard InChI is InChI=1S/C10H21NO/c1-8(10(2,3)4)9-7-11-5-6-12-9/h8-9,11H,5-7H2,1-4H3. The SMILES string of the molecule is CC(C1CNCCO1)C(C)(C)C. The Hall–Kier alpha value is -0.0800. The predicted molar refractivity (Wildman–Crippen MR) is 51.2 cm³/mol. The second kappa shape index (κ2) is 3.75. The van der Waals surface area contributed by atoms with Crippen molar-refractivity contribution in [1.82, 2.24) is 5.32 Å². The molecule has 0 aliphatic carbocycles. The molecule has 0 aromatic heterocycles. The lowest BCUT2D eigenvalue weighted by atomic mass is 9.78. The molecule has 0 radical (unpaired) electrons. The molecule has 0 amide bonds. The molecule has 1 fully saturated rings. The Balaban J connectivity index is 2.45. The van der Waals surface area contributed by atoms with Crippen LogP contribution in [0.15, 0.2) is 0 Å². The third-order valence-electron chi connectivity index (χ3n) is 2.88. The van der Waals surface area contributed by atoms with Crippen molar-refractivity contribution in [2.75, 3.05) is 19.7 Å². The Morgan fingerprint density at radius 1 is 1.42 bits per heavy atom. The van der Waals surface area contributed by atoms with Crippen LogP contribution in [-0.4, -0.2) is 25.8 Å². The molecule has 0 aromatic carbocycles. The summed E-state index contributed by atoms with van der Waals surface area (Å²) in [4.78, 5) is 0. The summed E-state index contributed by atoms with van der Waals surface area (Å²) >= 11 is 0. The van der Waals surface area contributed by atoms with Crippen molar-refractivity contribution in [2.24, 2.45) is 11.3 Å². The van der Waals surface area contributed by atoms with Crippen molar-refractivity contribution in [3.8, 4) is 0 Å². The molecule has 72 valence electrons. The number of hydrogen-bond acceptors (Lipinski definition) is 2. The summed E-state index contributed by atoms with van der Waals surface area (Å²) in [6.45, 7) is 12.0. The lowest BCUT2D eigenvalue weighted by molar-refractivity contribution is -0.0346. The van der Waals surface area contributed by atoms with Crippen LogP contribution in [0.4, 0.5) is 0 Å². The summed E-state index contributed by atoms with van der Waals surface area (Å²) in [7, 11) is 0. The molecule has 0 spiro atoms. The van der Waals surface area contributed by atoms with E-state index < -0.39 is 0 Å². The van der Waals surface area contributed by atoms with E-state index in [4.69, 9.17) is 4.74 Å². The van der Waals surface area contributed by atoms with Gasteiger partial charge in [-0.15, -0.1) is 0 Å². The molecule has 12 heavy (non-hydrogen) atoms. The molecule has 1 aliphatic heterocycles. The van der Waals surface area contributed by atoms with Crippen molar-refractivity contribution >= 4 is 0 Å². The first-order chi connectivity index (χ1) is 5.52. The van der Waals surface area contributed by atoms with Crippen molar-refractivity contribution < 1.29 is 4.74 Å². The highest BCUT2D eigenvalue weighted by atomic mass is 16.5. The maximum atomic E-state index is 5.70. The molecule has 1 heterocycles. The van der Waals surface area contributed by atoms with Crippen molar-refractivity contribution in [1.29, 1.82) is 0 Å². The fourth-order valence-electron chi connectivity index (χ4n) is 1.46. The number of morpholine rings is 1. The molecule has 2 heteroatoms. The van der Waals surface area contributed by atoms with Gasteiger partial charge in [0.05, 0.1) is 12.7 Å². The van der Waals surface area contributed by atoms with E-state index in [1.807, 2.05) is 0 Å². The van der Waals surface area contributed by atoms with Crippen LogP contribution < -0.4 is 5.32 Å². The van der Waals surface area contributed by atoms with Gasteiger partial charge in [-0.1, -0.05) is 27.7 Å². The fourth-order valence-corrected chi connectivity index (χ4v) is 1.46. The van der Waals surface area contributed by atoms with Crippen LogP contribution in [0.5, 0.6) is 0 Å². The molecule has 2 atom stereocenters. The van der Waals surface area contributed by atoms with Crippen LogP contribution in [0.25, 0.3) is 0 Å². The number of nitrogens with one attached hydrogen (secondary N) is 1. The normalized spacial score (nSPS) is 28.5. The van der Waals surface area contributed by atoms with Crippen LogP contribution in [0.3, 0.4) is 0 Å². The minimum atomic E-state index is 0.351. The summed E-state index contributed by atoms with van der Waals surface area (Å²) in [6, 6.07) is 0. The Bertz CT molecular complexity index is 133. The van der Waals surface area contributed by atoms with Crippen LogP contribution >= 0.6 is 0 Å². The van der Waals surface area contributed by atoms with E-state index in [2.05, 4.69) is 33.0 Å². The molecule has 2 nitrogen and oxygen atoms in total. The average Bonchev–Trinajstić information content (AvgIpc) is 2.03. The summed E-state index contributed by atoms with van der Waals surface area (Å²) in [5, 5.41) is 3.36. The molecule has 0 saturated carbocycles. The van der Waals surface area contributed by atoms with Crippen molar-refractivity contribution in [2.45, 2.75) is 33.8 Å². The van der Waals surface area contributed by atoms with E-state index in [1.165, 1.54) is 0 Å². The van der Waals surface area contributed by atoms with Gasteiger partial charge in [-0.2, -0.15) is 0 Å². The van der Waals surface area contributed by atoms with Crippen LogP contribution in [0.2, 0.25) is 0 Å². The van der Waals surface area contributed by atoms with Gasteiger partial charge in [-0.05, 0) is 11.3 Å². The van der Waals surface area contributed by atoms with Gasteiger partial charge in [0, 0.05) is 13.1 Å². The van der Waals surface area contributed by atoms with Gasteiger partial charge in [0.1, 0.15) is 0 Å². The Morgan fingerprint density at radius 2 is 2.08 bits per heavy atom. The lowest BCUT2D eigenvalue weighted by Crippen LogP contribution is -2.45. The van der Waals surface area contributed by atoms with Crippen LogP contribution in [-0.2, 0) is 4.74 Å². The van der Waals surface area contributed by atoms with Gasteiger partial charge in [-0.25, -0.2) is 0 Å². The highest BCUT2D eigenvalue weighted by Crippen LogP contribution is 2.29. The molecule has 1 rings (SSSR count). The third-order valence-corrected chi connectivity index (χ3v) is 2.88. The van der Waals surface area contributed by atoms with Crippen LogP contribution in [0.1, 0.15) is 27.7 Å². The Kier molecular flexibility index (Phi) is 3.13. The molecule has 1 aliphatic rings. The minimum Gasteiger partial charge on any atom is -0.375 e. The summed E-state index contributed by atoms with van der Waals surface area (Å²) < 4.78 is 5.70. The molecule has 1 N–H and O–H groups in total. The molecular formula is C10H21NO. The van der Waals surface area contributed by atoms with Crippen molar-refractivity contribution in [3.63, 3.8) is 0 Å². The van der Waals surface area contributed by atoms with Crippen LogP contribution in [0, 0.1) is 11.3 Å². The number of rotatable bonds is 1. The minimum absolute atomic E-state index is 0.351. The molecule has 0 bridgehead atoms. The molecule has 2 unspecified atom stereocenters. The number of hydrogen-bond donors (Lipinski definition) is 1. The zero-order valence-corrected chi connectivity index (χ0v) is 8.68. The lowest BCUT2D eigenvalue weighted by Gasteiger charge is -2.36. The smallest absolute Gasteiger partial charge is 0.0730 e. The topological polar surface area (TPSA) is 21.3 Å². The van der Waals surface area contributed by atoms with E-state index in [-0.39, 0.29) is 0 Å². The first-order valence-corrected chi connectivity index (χ1v) is 4.84. The van der Waals surface area contributed by atoms with E-state index >= 15 is 0 Å². The number of ether oxygens (including phenoxy) is 1. The average molecular weight is 171 g/mol. The van der Waals surface area contributed by atoms with E-state index in [9.17, 15) is 0 Å². The third kappa shape index (κ3) is 2.46. The predicted octanol–water partition coefficient (Wildman–Crippen LogP) is 1.66. The van der Waals surface area contributed by atoms with Gasteiger partial charge in [0.15, 0.2) is 0 Å². The second-order valence-electron chi connectivity index (χ2n) is 4.77. The summed E-state index contributed by atoms with van der Waals surface area (Å²) in [5.74, 6) is 0.616. The summed E-state index contributed by atoms with van der Waals surface area (Å²) in [5.41, 5.74) is 0.351. The van der Waals surface area contributed by atoms with Gasteiger partial charge in [-0.3, -0.25) is 0 Å². The van der Waals surface area contributed by atoms with Crippen molar-refractivity contribution in [3.05, 3.63) is 0 Å². The highest BCUT2D eigenvalue weighted by Gasteiger charge is 2.29. The van der Waals surface area contributed by atoms with E-state index in [0.29, 0.717) is 17.4 Å². The molecular weight excluding hydrogens is 150 g/mol. The first-order valence-electron chi connectivity index (χ1n) is 4.84. The van der Waals surface area contributed by atoms with Gasteiger partial charge >= 0.3 is 0 Å². The zero-order chi connectivity index (χ0) is 9.19. The van der Waals surface area contributed by atoms with Gasteiger partial charge in [0.2, 0.25) is 0 Å². The fraction of sp³-hybridized carbons (Fsp3) is 1.00. The maximum absolute atomic E-state index is 5.70. The first kappa shape index (κ1) is 10.0.